The molecule has 0 saturated carbocycles. The van der Waals surface area contributed by atoms with Gasteiger partial charge in [-0.1, -0.05) is 0 Å². The summed E-state index contributed by atoms with van der Waals surface area (Å²) >= 11 is 0. The Morgan fingerprint density at radius 1 is 0.659 bits per heavy atom. The fourth-order valence-corrected chi connectivity index (χ4v) is 2.26. The Bertz CT molecular complexity index is 1140. The molecule has 4 nitrogen and oxygen atoms in total. The summed E-state index contributed by atoms with van der Waals surface area (Å²) in [6.45, 7) is 0. The molecule has 0 heterocycles. The van der Waals surface area contributed by atoms with Gasteiger partial charge in [0.2, 0.25) is 0 Å². The van der Waals surface area contributed by atoms with Gasteiger partial charge in [0, 0.05) is 34.6 Å². The number of hydrogen-bond acceptors (Lipinski definition) is 2. The van der Waals surface area contributed by atoms with E-state index in [1.165, 1.54) is 12.1 Å². The Kier molecular flexibility index (Phi) is 17.7. The topological polar surface area (TPSA) is 40.6 Å². The zero-order valence-electron chi connectivity index (χ0n) is 20.3. The van der Waals surface area contributed by atoms with Crippen molar-refractivity contribution in [2.45, 2.75) is 25.7 Å². The third kappa shape index (κ3) is 13.5. The predicted octanol–water partition coefficient (Wildman–Crippen LogP) is 7.10. The van der Waals surface area contributed by atoms with Gasteiger partial charge in [-0.05, 0) is 0 Å². The van der Waals surface area contributed by atoms with Gasteiger partial charge in [-0.15, -0.1) is 58.2 Å². The number of alkyl halides is 4. The van der Waals surface area contributed by atoms with Gasteiger partial charge >= 0.3 is 46.4 Å². The molecular formula is C26H16F10N2O2Ti. The van der Waals surface area contributed by atoms with Crippen molar-refractivity contribution in [3.8, 4) is 0 Å². The monoisotopic (exact) mass is 626 g/mol. The van der Waals surface area contributed by atoms with Gasteiger partial charge in [0.25, 0.3) is 0 Å². The SMILES string of the molecule is O=C(C(F)F)N(F)c1ccc(F)[c-]c1F.O=C(C(F)F)N(F)c1ccc(F)[c-]c1F.[C-]1=CC=CC1.[C-]1=CC=CC1.[Ti+4]. The summed E-state index contributed by atoms with van der Waals surface area (Å²) in [6, 6.07) is 5.01. The number of carbonyl (C=O) groups excluding carboxylic acids is 2. The van der Waals surface area contributed by atoms with Crippen molar-refractivity contribution in [2.24, 2.45) is 0 Å². The van der Waals surface area contributed by atoms with Crippen LogP contribution in [0.25, 0.3) is 0 Å². The van der Waals surface area contributed by atoms with Crippen LogP contribution in [0.4, 0.5) is 55.5 Å². The first-order valence-electron chi connectivity index (χ1n) is 10.6. The molecule has 2 aliphatic rings. The average Bonchev–Trinajstić information content (AvgIpc) is 3.67. The van der Waals surface area contributed by atoms with Gasteiger partial charge in [0.1, 0.15) is 0 Å². The number of anilines is 2. The molecule has 4 rings (SSSR count). The van der Waals surface area contributed by atoms with Crippen LogP contribution < -0.4 is 10.2 Å². The second-order valence-electron chi connectivity index (χ2n) is 6.86. The molecular weight excluding hydrogens is 610 g/mol. The van der Waals surface area contributed by atoms with Crippen molar-refractivity contribution >= 4 is 23.2 Å². The first kappa shape index (κ1) is 37.4. The molecule has 0 atom stereocenters. The Balaban J connectivity index is 0.000000573. The van der Waals surface area contributed by atoms with Crippen molar-refractivity contribution in [3.63, 3.8) is 0 Å². The summed E-state index contributed by atoms with van der Waals surface area (Å²) < 4.78 is 123. The molecule has 0 spiro atoms. The second kappa shape index (κ2) is 19.4. The van der Waals surface area contributed by atoms with Crippen molar-refractivity contribution < 1.29 is 75.4 Å². The maximum atomic E-state index is 12.8. The summed E-state index contributed by atoms with van der Waals surface area (Å²) in [6.07, 6.45) is 12.8. The zero-order valence-corrected chi connectivity index (χ0v) is 21.9. The number of amides is 2. The minimum atomic E-state index is -3.61. The van der Waals surface area contributed by atoms with Crippen LogP contribution in [0, 0.1) is 47.6 Å². The van der Waals surface area contributed by atoms with E-state index in [4.69, 9.17) is 0 Å². The first-order valence-corrected chi connectivity index (χ1v) is 10.6. The van der Waals surface area contributed by atoms with Crippen molar-refractivity contribution in [3.05, 3.63) is 108 Å². The average molecular weight is 626 g/mol. The van der Waals surface area contributed by atoms with E-state index < -0.39 is 69.6 Å². The van der Waals surface area contributed by atoms with E-state index in [-0.39, 0.29) is 21.7 Å². The molecule has 0 N–H and O–H groups in total. The number of rotatable bonds is 4. The van der Waals surface area contributed by atoms with Crippen LogP contribution >= 0.6 is 0 Å². The quantitative estimate of drug-likeness (QED) is 0.157. The normalized spacial score (nSPS) is 12.0. The fourth-order valence-electron chi connectivity index (χ4n) is 2.26. The standard InChI is InChI=1S/2C8H3F5NO.2C5H5.Ti/c2*9-4-1-2-6(5(10)3-4)14(13)8(15)7(11)12;2*1-2-4-5-3-1;/h2*1-2,7H;2*1-3H,4H2;/q4*-1;+4. The van der Waals surface area contributed by atoms with E-state index in [0.717, 1.165) is 12.8 Å². The number of halogens is 10. The fraction of sp³-hybridized carbons (Fsp3) is 0.154. The van der Waals surface area contributed by atoms with E-state index in [9.17, 15) is 53.7 Å². The van der Waals surface area contributed by atoms with Gasteiger partial charge in [-0.2, -0.15) is 40.0 Å². The van der Waals surface area contributed by atoms with Crippen molar-refractivity contribution in [1.82, 2.24) is 0 Å². The van der Waals surface area contributed by atoms with Crippen LogP contribution in [0.1, 0.15) is 12.8 Å². The van der Waals surface area contributed by atoms with Gasteiger partial charge < -0.3 is 0 Å². The molecule has 0 radical (unpaired) electrons. The van der Waals surface area contributed by atoms with Crippen LogP contribution in [-0.4, -0.2) is 24.7 Å². The van der Waals surface area contributed by atoms with Crippen molar-refractivity contribution in [1.29, 1.82) is 0 Å². The molecule has 216 valence electrons. The van der Waals surface area contributed by atoms with Gasteiger partial charge in [-0.3, -0.25) is 21.7 Å². The minimum Gasteiger partial charge on any atom is -0.273 e. The number of benzene rings is 2. The zero-order chi connectivity index (χ0) is 30.2. The summed E-state index contributed by atoms with van der Waals surface area (Å²) in [4.78, 5) is 20.8. The molecule has 0 aromatic heterocycles. The van der Waals surface area contributed by atoms with E-state index >= 15 is 0 Å². The summed E-state index contributed by atoms with van der Waals surface area (Å²) in [5.74, 6) is -9.84. The molecule has 2 amide bonds. The largest absolute Gasteiger partial charge is 4.00 e. The molecule has 0 unspecified atom stereocenters. The van der Waals surface area contributed by atoms with E-state index in [1.54, 1.807) is 0 Å². The Hall–Kier alpha value is -3.65. The number of hydrogen-bond donors (Lipinski definition) is 0. The summed E-state index contributed by atoms with van der Waals surface area (Å²) in [7, 11) is 0. The first-order chi connectivity index (χ1) is 18.9. The molecule has 0 saturated heterocycles. The molecule has 15 heteroatoms. The van der Waals surface area contributed by atoms with Crippen LogP contribution in [-0.2, 0) is 31.3 Å². The number of carbonyl (C=O) groups is 2. The summed E-state index contributed by atoms with van der Waals surface area (Å²) in [5.41, 5.74) is -2.22. The third-order valence-corrected chi connectivity index (χ3v) is 4.04. The van der Waals surface area contributed by atoms with E-state index in [2.05, 4.69) is 24.3 Å². The van der Waals surface area contributed by atoms with Gasteiger partial charge in [0.15, 0.2) is 0 Å². The Morgan fingerprint density at radius 2 is 1.00 bits per heavy atom. The van der Waals surface area contributed by atoms with Gasteiger partial charge in [0.05, 0.1) is 0 Å². The molecule has 0 bridgehead atoms. The molecule has 2 aromatic carbocycles. The minimum absolute atomic E-state index is 0. The van der Waals surface area contributed by atoms with Crippen LogP contribution in [0.5, 0.6) is 0 Å². The molecule has 2 aliphatic carbocycles. The van der Waals surface area contributed by atoms with Gasteiger partial charge in [-0.25, -0.2) is 41.9 Å². The Labute approximate surface area is 242 Å². The molecule has 0 aliphatic heterocycles. The Morgan fingerprint density at radius 3 is 1.20 bits per heavy atom. The smallest absolute Gasteiger partial charge is 0.273 e. The van der Waals surface area contributed by atoms with E-state index in [0.29, 0.717) is 24.3 Å². The molecule has 0 fully saturated rings. The maximum Gasteiger partial charge on any atom is 4.00 e. The third-order valence-electron chi connectivity index (χ3n) is 4.04. The molecule has 41 heavy (non-hydrogen) atoms. The summed E-state index contributed by atoms with van der Waals surface area (Å²) in [5, 5.41) is -2.17. The van der Waals surface area contributed by atoms with E-state index in [1.807, 2.05) is 24.3 Å². The van der Waals surface area contributed by atoms with Crippen LogP contribution in [0.3, 0.4) is 0 Å². The number of allylic oxidation sites excluding steroid dienone is 8. The second-order valence-corrected chi connectivity index (χ2v) is 6.86. The van der Waals surface area contributed by atoms with Crippen molar-refractivity contribution in [2.75, 3.05) is 10.2 Å². The number of nitrogens with zero attached hydrogens (tertiary/aromatic N) is 2. The molecule has 2 aromatic rings. The maximum absolute atomic E-state index is 12.8. The predicted molar refractivity (Wildman–Crippen MR) is 123 cm³/mol. The van der Waals surface area contributed by atoms with Crippen LogP contribution in [0.15, 0.2) is 60.7 Å². The van der Waals surface area contributed by atoms with Crippen LogP contribution in [0.2, 0.25) is 0 Å².